The lowest BCUT2D eigenvalue weighted by Crippen LogP contribution is -2.30. The Bertz CT molecular complexity index is 549. The quantitative estimate of drug-likeness (QED) is 0.876. The fraction of sp³-hybridized carbons (Fsp3) is 0.235. The first-order valence-corrected chi connectivity index (χ1v) is 6.80. The summed E-state index contributed by atoms with van der Waals surface area (Å²) >= 11 is 0. The summed E-state index contributed by atoms with van der Waals surface area (Å²) in [6.07, 6.45) is 0.950. The molecule has 0 saturated heterocycles. The van der Waals surface area contributed by atoms with Crippen LogP contribution in [0.4, 0.5) is 0 Å². The molecule has 0 aromatic heterocycles. The molecule has 2 aromatic carbocycles. The average molecular weight is 269 g/mol. The Balaban J connectivity index is 2.09. The molecule has 2 aromatic rings. The molecule has 1 amide bonds. The van der Waals surface area contributed by atoms with Crippen molar-refractivity contribution in [1.82, 2.24) is 5.32 Å². The molecule has 20 heavy (non-hydrogen) atoms. The van der Waals surface area contributed by atoms with Gasteiger partial charge in [0.2, 0.25) is 0 Å². The second kappa shape index (κ2) is 6.87. The highest BCUT2D eigenvalue weighted by Crippen LogP contribution is 2.13. The molecule has 0 saturated carbocycles. The Morgan fingerprint density at radius 3 is 2.30 bits per heavy atom. The first kappa shape index (κ1) is 14.3. The molecular formula is C17H19NO2. The standard InChI is InChI=1S/C17H19NO2/c1-2-13-8-10-15(11-9-13)17(20)18-16(12-19)14-6-4-3-5-7-14/h3-11,16,19H,2,12H2,1H3,(H,18,20)/t16-/m0/s1. The fourth-order valence-electron chi connectivity index (χ4n) is 2.05. The lowest BCUT2D eigenvalue weighted by Gasteiger charge is -2.16. The topological polar surface area (TPSA) is 49.3 Å². The first-order valence-electron chi connectivity index (χ1n) is 6.80. The van der Waals surface area contributed by atoms with E-state index in [1.807, 2.05) is 54.6 Å². The number of benzene rings is 2. The summed E-state index contributed by atoms with van der Waals surface area (Å²) in [6, 6.07) is 16.6. The summed E-state index contributed by atoms with van der Waals surface area (Å²) in [7, 11) is 0. The molecule has 1 atom stereocenters. The van der Waals surface area contributed by atoms with Crippen LogP contribution in [0, 0.1) is 0 Å². The zero-order chi connectivity index (χ0) is 14.4. The predicted octanol–water partition coefficient (Wildman–Crippen LogP) is 2.71. The maximum Gasteiger partial charge on any atom is 0.251 e. The normalized spacial score (nSPS) is 11.9. The summed E-state index contributed by atoms with van der Waals surface area (Å²) in [5.41, 5.74) is 2.70. The molecule has 0 heterocycles. The molecule has 0 spiro atoms. The van der Waals surface area contributed by atoms with Crippen LogP contribution in [0.25, 0.3) is 0 Å². The van der Waals surface area contributed by atoms with E-state index < -0.39 is 0 Å². The van der Waals surface area contributed by atoms with Crippen LogP contribution in [0.15, 0.2) is 54.6 Å². The van der Waals surface area contributed by atoms with Gasteiger partial charge in [0.1, 0.15) is 0 Å². The minimum atomic E-state index is -0.380. The van der Waals surface area contributed by atoms with E-state index in [-0.39, 0.29) is 18.6 Å². The molecule has 0 aliphatic carbocycles. The number of aliphatic hydroxyl groups is 1. The minimum absolute atomic E-state index is 0.122. The van der Waals surface area contributed by atoms with Crippen LogP contribution in [0.2, 0.25) is 0 Å². The molecule has 0 unspecified atom stereocenters. The monoisotopic (exact) mass is 269 g/mol. The summed E-state index contributed by atoms with van der Waals surface area (Å²) < 4.78 is 0. The Morgan fingerprint density at radius 2 is 1.75 bits per heavy atom. The molecule has 0 aliphatic rings. The zero-order valence-electron chi connectivity index (χ0n) is 11.5. The van der Waals surface area contributed by atoms with Crippen molar-refractivity contribution < 1.29 is 9.90 Å². The van der Waals surface area contributed by atoms with Crippen molar-refractivity contribution in [1.29, 1.82) is 0 Å². The Morgan fingerprint density at radius 1 is 1.10 bits per heavy atom. The summed E-state index contributed by atoms with van der Waals surface area (Å²) in [5.74, 6) is -0.171. The second-order valence-corrected chi connectivity index (χ2v) is 4.67. The van der Waals surface area contributed by atoms with Gasteiger partial charge in [0, 0.05) is 5.56 Å². The molecule has 3 nitrogen and oxygen atoms in total. The number of amides is 1. The van der Waals surface area contributed by atoms with E-state index in [1.165, 1.54) is 5.56 Å². The number of hydrogen-bond donors (Lipinski definition) is 2. The van der Waals surface area contributed by atoms with Gasteiger partial charge in [-0.1, -0.05) is 49.4 Å². The number of aryl methyl sites for hydroxylation is 1. The Kier molecular flexibility index (Phi) is 4.91. The first-order chi connectivity index (χ1) is 9.74. The molecular weight excluding hydrogens is 250 g/mol. The van der Waals surface area contributed by atoms with Crippen LogP contribution in [0.1, 0.15) is 34.5 Å². The van der Waals surface area contributed by atoms with Crippen LogP contribution in [-0.2, 0) is 6.42 Å². The minimum Gasteiger partial charge on any atom is -0.394 e. The summed E-state index contributed by atoms with van der Waals surface area (Å²) in [5, 5.41) is 12.3. The zero-order valence-corrected chi connectivity index (χ0v) is 11.5. The molecule has 104 valence electrons. The fourth-order valence-corrected chi connectivity index (χ4v) is 2.05. The smallest absolute Gasteiger partial charge is 0.251 e. The van der Waals surface area contributed by atoms with E-state index in [2.05, 4.69) is 12.2 Å². The number of rotatable bonds is 5. The van der Waals surface area contributed by atoms with Gasteiger partial charge in [-0.2, -0.15) is 0 Å². The van der Waals surface area contributed by atoms with E-state index in [1.54, 1.807) is 0 Å². The van der Waals surface area contributed by atoms with Crippen molar-refractivity contribution in [3.05, 3.63) is 71.3 Å². The number of carbonyl (C=O) groups excluding carboxylic acids is 1. The van der Waals surface area contributed by atoms with Gasteiger partial charge in [-0.25, -0.2) is 0 Å². The van der Waals surface area contributed by atoms with Crippen LogP contribution in [0.3, 0.4) is 0 Å². The SMILES string of the molecule is CCc1ccc(C(=O)N[C@@H](CO)c2ccccc2)cc1. The number of aliphatic hydroxyl groups excluding tert-OH is 1. The predicted molar refractivity (Wildman–Crippen MR) is 79.6 cm³/mol. The summed E-state index contributed by atoms with van der Waals surface area (Å²) in [6.45, 7) is 1.95. The van der Waals surface area contributed by atoms with Gasteiger partial charge < -0.3 is 10.4 Å². The Hall–Kier alpha value is -2.13. The third-order valence-corrected chi connectivity index (χ3v) is 3.31. The van der Waals surface area contributed by atoms with E-state index >= 15 is 0 Å². The number of carbonyl (C=O) groups is 1. The van der Waals surface area contributed by atoms with Gasteiger partial charge in [-0.05, 0) is 29.7 Å². The van der Waals surface area contributed by atoms with Gasteiger partial charge in [0.25, 0.3) is 5.91 Å². The van der Waals surface area contributed by atoms with Crippen molar-refractivity contribution in [3.8, 4) is 0 Å². The highest BCUT2D eigenvalue weighted by Gasteiger charge is 2.14. The lowest BCUT2D eigenvalue weighted by molar-refractivity contribution is 0.0916. The van der Waals surface area contributed by atoms with Crippen molar-refractivity contribution in [2.24, 2.45) is 0 Å². The second-order valence-electron chi connectivity index (χ2n) is 4.67. The van der Waals surface area contributed by atoms with Crippen LogP contribution in [0.5, 0.6) is 0 Å². The molecule has 3 heteroatoms. The van der Waals surface area contributed by atoms with E-state index in [0.29, 0.717) is 5.56 Å². The average Bonchev–Trinajstić information content (AvgIpc) is 2.53. The van der Waals surface area contributed by atoms with Crippen LogP contribution < -0.4 is 5.32 Å². The number of nitrogens with one attached hydrogen (secondary N) is 1. The van der Waals surface area contributed by atoms with Gasteiger partial charge in [-0.15, -0.1) is 0 Å². The third kappa shape index (κ3) is 3.45. The van der Waals surface area contributed by atoms with E-state index in [4.69, 9.17) is 0 Å². The van der Waals surface area contributed by atoms with E-state index in [0.717, 1.165) is 12.0 Å². The van der Waals surface area contributed by atoms with E-state index in [9.17, 15) is 9.90 Å². The third-order valence-electron chi connectivity index (χ3n) is 3.31. The molecule has 0 aliphatic heterocycles. The highest BCUT2D eigenvalue weighted by atomic mass is 16.3. The lowest BCUT2D eigenvalue weighted by atomic mass is 10.1. The molecule has 2 rings (SSSR count). The summed E-state index contributed by atoms with van der Waals surface area (Å²) in [4.78, 5) is 12.2. The molecule has 0 bridgehead atoms. The van der Waals surface area contributed by atoms with Gasteiger partial charge in [0.05, 0.1) is 12.6 Å². The molecule has 2 N–H and O–H groups in total. The molecule has 0 fully saturated rings. The number of hydrogen-bond acceptors (Lipinski definition) is 2. The largest absolute Gasteiger partial charge is 0.394 e. The van der Waals surface area contributed by atoms with Gasteiger partial charge >= 0.3 is 0 Å². The van der Waals surface area contributed by atoms with Crippen molar-refractivity contribution in [2.75, 3.05) is 6.61 Å². The highest BCUT2D eigenvalue weighted by molar-refractivity contribution is 5.94. The maximum atomic E-state index is 12.2. The maximum absolute atomic E-state index is 12.2. The van der Waals surface area contributed by atoms with Crippen molar-refractivity contribution >= 4 is 5.91 Å². The Labute approximate surface area is 119 Å². The van der Waals surface area contributed by atoms with Crippen LogP contribution >= 0.6 is 0 Å². The van der Waals surface area contributed by atoms with Gasteiger partial charge in [-0.3, -0.25) is 4.79 Å². The van der Waals surface area contributed by atoms with Crippen molar-refractivity contribution in [3.63, 3.8) is 0 Å². The van der Waals surface area contributed by atoms with Gasteiger partial charge in [0.15, 0.2) is 0 Å². The van der Waals surface area contributed by atoms with Crippen molar-refractivity contribution in [2.45, 2.75) is 19.4 Å². The van der Waals surface area contributed by atoms with Crippen LogP contribution in [-0.4, -0.2) is 17.6 Å². The molecule has 0 radical (unpaired) electrons.